The lowest BCUT2D eigenvalue weighted by Gasteiger charge is -2.02. The zero-order chi connectivity index (χ0) is 12.8. The number of rotatable bonds is 4. The number of carbonyl (C=O) groups is 1. The van der Waals surface area contributed by atoms with Gasteiger partial charge in [-0.15, -0.1) is 0 Å². The summed E-state index contributed by atoms with van der Waals surface area (Å²) in [6, 6.07) is 6.67. The Morgan fingerprint density at radius 2 is 2.35 bits per heavy atom. The van der Waals surface area contributed by atoms with Crippen LogP contribution in [0.1, 0.15) is 6.92 Å². The molecule has 0 atom stereocenters. The molecular weight excluding hydrogens is 238 g/mol. The molecule has 0 aliphatic carbocycles. The first-order valence-corrected chi connectivity index (χ1v) is 5.75. The second-order valence-electron chi connectivity index (χ2n) is 3.25. The number of nitriles is 1. The molecule has 1 aromatic heterocycles. The Balaban J connectivity index is 2.71. The molecule has 1 heterocycles. The van der Waals surface area contributed by atoms with Crippen molar-refractivity contribution in [1.29, 1.82) is 5.26 Å². The largest absolute Gasteiger partial charge is 0.618 e. The fourth-order valence-electron chi connectivity index (χ4n) is 1.11. The van der Waals surface area contributed by atoms with Crippen molar-refractivity contribution in [2.24, 2.45) is 5.73 Å². The highest BCUT2D eigenvalue weighted by atomic mass is 32.2. The van der Waals surface area contributed by atoms with E-state index >= 15 is 0 Å². The van der Waals surface area contributed by atoms with E-state index in [9.17, 15) is 10.0 Å². The van der Waals surface area contributed by atoms with Crippen LogP contribution in [-0.2, 0) is 4.79 Å². The SMILES string of the molecule is C/C(N)=C(\C#N)C(=O)CSc1cccc[n+]1[O-]. The maximum Gasteiger partial charge on any atom is 0.251 e. The van der Waals surface area contributed by atoms with E-state index in [2.05, 4.69) is 0 Å². The molecule has 5 nitrogen and oxygen atoms in total. The molecule has 0 unspecified atom stereocenters. The molecule has 0 bridgehead atoms. The van der Waals surface area contributed by atoms with Gasteiger partial charge in [0.05, 0.1) is 5.75 Å². The average Bonchev–Trinajstić information content (AvgIpc) is 2.28. The van der Waals surface area contributed by atoms with Gasteiger partial charge in [0.1, 0.15) is 11.6 Å². The Morgan fingerprint density at radius 3 is 2.88 bits per heavy atom. The van der Waals surface area contributed by atoms with Crippen LogP contribution in [0.3, 0.4) is 0 Å². The molecule has 1 aromatic rings. The van der Waals surface area contributed by atoms with E-state index in [1.54, 1.807) is 24.3 Å². The van der Waals surface area contributed by atoms with Gasteiger partial charge in [-0.1, -0.05) is 0 Å². The molecule has 2 N–H and O–H groups in total. The Kier molecular flexibility index (Phi) is 4.55. The molecule has 0 radical (unpaired) electrons. The van der Waals surface area contributed by atoms with Crippen LogP contribution >= 0.6 is 11.8 Å². The van der Waals surface area contributed by atoms with Crippen molar-refractivity contribution in [2.75, 3.05) is 5.75 Å². The predicted octanol–water partition coefficient (Wildman–Crippen LogP) is 0.737. The number of pyridine rings is 1. The summed E-state index contributed by atoms with van der Waals surface area (Å²) in [6.07, 6.45) is 1.35. The van der Waals surface area contributed by atoms with Crippen LogP contribution in [0.5, 0.6) is 0 Å². The van der Waals surface area contributed by atoms with Gasteiger partial charge in [0, 0.05) is 17.8 Å². The number of nitrogens with two attached hydrogens (primary N) is 1. The molecule has 0 amide bonds. The van der Waals surface area contributed by atoms with E-state index in [4.69, 9.17) is 11.0 Å². The van der Waals surface area contributed by atoms with Crippen LogP contribution in [0, 0.1) is 16.5 Å². The molecule has 0 aromatic carbocycles. The zero-order valence-electron chi connectivity index (χ0n) is 9.21. The molecule has 0 saturated carbocycles. The lowest BCUT2D eigenvalue weighted by Crippen LogP contribution is -2.28. The first-order chi connectivity index (χ1) is 8.06. The molecule has 17 heavy (non-hydrogen) atoms. The van der Waals surface area contributed by atoms with E-state index in [-0.39, 0.29) is 22.8 Å². The summed E-state index contributed by atoms with van der Waals surface area (Å²) in [4.78, 5) is 11.6. The van der Waals surface area contributed by atoms with E-state index in [0.717, 1.165) is 11.8 Å². The molecule has 0 saturated heterocycles. The third kappa shape index (κ3) is 3.50. The fraction of sp³-hybridized carbons (Fsp3) is 0.182. The van der Waals surface area contributed by atoms with Crippen LogP contribution in [0.4, 0.5) is 0 Å². The molecule has 0 spiro atoms. The first-order valence-electron chi connectivity index (χ1n) is 4.77. The number of hydrogen-bond donors (Lipinski definition) is 1. The molecule has 0 fully saturated rings. The standard InChI is InChI=1S/C11H11N3O2S/c1-8(13)9(6-12)10(15)7-17-11-4-2-3-5-14(11)16/h2-5H,7,13H2,1H3/b9-8-. The van der Waals surface area contributed by atoms with Crippen molar-refractivity contribution in [2.45, 2.75) is 11.9 Å². The summed E-state index contributed by atoms with van der Waals surface area (Å²) >= 11 is 1.08. The number of carbonyl (C=O) groups excluding carboxylic acids is 1. The molecule has 1 rings (SSSR count). The van der Waals surface area contributed by atoms with Gasteiger partial charge in [-0.2, -0.15) is 9.99 Å². The van der Waals surface area contributed by atoms with Crippen molar-refractivity contribution in [1.82, 2.24) is 0 Å². The number of ketones is 1. The van der Waals surface area contributed by atoms with E-state index in [1.807, 2.05) is 0 Å². The fourth-order valence-corrected chi connectivity index (χ4v) is 1.89. The summed E-state index contributed by atoms with van der Waals surface area (Å²) in [5.41, 5.74) is 5.55. The highest BCUT2D eigenvalue weighted by Crippen LogP contribution is 2.14. The van der Waals surface area contributed by atoms with Crippen LogP contribution in [0.15, 0.2) is 40.7 Å². The molecule has 6 heteroatoms. The summed E-state index contributed by atoms with van der Waals surface area (Å²) in [5.74, 6) is -0.356. The molecular formula is C11H11N3O2S. The topological polar surface area (TPSA) is 93.8 Å². The maximum absolute atomic E-state index is 11.6. The first kappa shape index (κ1) is 13.1. The van der Waals surface area contributed by atoms with Gasteiger partial charge < -0.3 is 10.9 Å². The number of nitrogens with zero attached hydrogens (tertiary/aromatic N) is 2. The van der Waals surface area contributed by atoms with Gasteiger partial charge in [0.25, 0.3) is 5.03 Å². The van der Waals surface area contributed by atoms with Crippen molar-refractivity contribution >= 4 is 17.5 Å². The second-order valence-corrected chi connectivity index (χ2v) is 4.24. The van der Waals surface area contributed by atoms with Crippen LogP contribution in [-0.4, -0.2) is 11.5 Å². The minimum absolute atomic E-state index is 0.0175. The van der Waals surface area contributed by atoms with Gasteiger partial charge >= 0.3 is 0 Å². The van der Waals surface area contributed by atoms with Gasteiger partial charge in [0.15, 0.2) is 12.0 Å². The smallest absolute Gasteiger partial charge is 0.251 e. The third-order valence-corrected chi connectivity index (χ3v) is 2.94. The van der Waals surface area contributed by atoms with Gasteiger partial charge in [-0.25, -0.2) is 0 Å². The quantitative estimate of drug-likeness (QED) is 0.279. The molecule has 88 valence electrons. The Morgan fingerprint density at radius 1 is 1.65 bits per heavy atom. The Labute approximate surface area is 103 Å². The van der Waals surface area contributed by atoms with Gasteiger partial charge in [-0.3, -0.25) is 4.79 Å². The van der Waals surface area contributed by atoms with E-state index in [0.29, 0.717) is 9.76 Å². The normalized spacial score (nSPS) is 11.5. The molecule has 0 aliphatic heterocycles. The second kappa shape index (κ2) is 5.92. The van der Waals surface area contributed by atoms with Crippen LogP contribution in [0.2, 0.25) is 0 Å². The monoisotopic (exact) mass is 249 g/mol. The average molecular weight is 249 g/mol. The Bertz CT molecular complexity index is 502. The minimum atomic E-state index is -0.374. The summed E-state index contributed by atoms with van der Waals surface area (Å²) in [7, 11) is 0. The lowest BCUT2D eigenvalue weighted by molar-refractivity contribution is -0.645. The van der Waals surface area contributed by atoms with Crippen molar-refractivity contribution in [3.63, 3.8) is 0 Å². The Hall–Kier alpha value is -2.00. The van der Waals surface area contributed by atoms with E-state index < -0.39 is 0 Å². The minimum Gasteiger partial charge on any atom is -0.618 e. The van der Waals surface area contributed by atoms with Crippen LogP contribution in [0.25, 0.3) is 0 Å². The number of Topliss-reactive ketones (excluding diaryl/α,β-unsaturated/α-hetero) is 1. The number of hydrogen-bond acceptors (Lipinski definition) is 5. The summed E-state index contributed by atoms with van der Waals surface area (Å²) in [5, 5.41) is 20.4. The highest BCUT2D eigenvalue weighted by molar-refractivity contribution is 7.99. The summed E-state index contributed by atoms with van der Waals surface area (Å²) in [6.45, 7) is 1.50. The predicted molar refractivity (Wildman–Crippen MR) is 63.6 cm³/mol. The van der Waals surface area contributed by atoms with Crippen molar-refractivity contribution < 1.29 is 9.52 Å². The van der Waals surface area contributed by atoms with Gasteiger partial charge in [-0.05, 0) is 24.8 Å². The van der Waals surface area contributed by atoms with Crippen LogP contribution < -0.4 is 10.5 Å². The number of thioether (sulfide) groups is 1. The summed E-state index contributed by atoms with van der Waals surface area (Å²) < 4.78 is 0.670. The third-order valence-electron chi connectivity index (χ3n) is 1.92. The van der Waals surface area contributed by atoms with E-state index in [1.165, 1.54) is 13.1 Å². The molecule has 0 aliphatic rings. The van der Waals surface area contributed by atoms with Crippen molar-refractivity contribution in [3.8, 4) is 6.07 Å². The van der Waals surface area contributed by atoms with Gasteiger partial charge in [0.2, 0.25) is 0 Å². The highest BCUT2D eigenvalue weighted by Gasteiger charge is 2.14. The maximum atomic E-state index is 11.6. The number of aromatic nitrogens is 1. The number of allylic oxidation sites excluding steroid dienone is 2. The zero-order valence-corrected chi connectivity index (χ0v) is 10.0. The van der Waals surface area contributed by atoms with Crippen molar-refractivity contribution in [3.05, 3.63) is 40.9 Å². The lowest BCUT2D eigenvalue weighted by atomic mass is 10.2.